The Morgan fingerprint density at radius 1 is 0.172 bits per heavy atom. The third kappa shape index (κ3) is 9.80. The Balaban J connectivity index is 0.000000137. The monoisotopic (exact) mass is 1500 g/mol. The number of nitrogens with zero attached hydrogens (tertiary/aromatic N) is 4. The number of rotatable bonds is 6. The van der Waals surface area contributed by atoms with E-state index in [1.165, 1.54) is 101 Å². The first-order valence-electron chi connectivity index (χ1n) is 40.4. The van der Waals surface area contributed by atoms with Gasteiger partial charge in [0.2, 0.25) is 0 Å². The maximum atomic E-state index is 6.64. The van der Waals surface area contributed by atoms with Crippen LogP contribution < -0.4 is 19.6 Å². The van der Waals surface area contributed by atoms with E-state index in [-0.39, 0.29) is 21.7 Å². The van der Waals surface area contributed by atoms with Gasteiger partial charge in [0.1, 0.15) is 33.5 Å². The lowest BCUT2D eigenvalue weighted by molar-refractivity contribution is 0.629. The van der Waals surface area contributed by atoms with Gasteiger partial charge < -0.3 is 37.3 Å². The van der Waals surface area contributed by atoms with Crippen LogP contribution in [0.2, 0.25) is 0 Å². The van der Waals surface area contributed by atoms with Crippen LogP contribution in [-0.4, -0.2) is 0 Å². The summed E-state index contributed by atoms with van der Waals surface area (Å²) in [5.41, 5.74) is 35.1. The Labute approximate surface area is 672 Å². The van der Waals surface area contributed by atoms with Crippen LogP contribution in [0, 0.1) is 0 Å². The van der Waals surface area contributed by atoms with E-state index < -0.39 is 0 Å². The molecule has 4 aliphatic heterocycles. The molecule has 0 amide bonds. The minimum Gasteiger partial charge on any atom is -0.456 e. The average molecular weight is 1500 g/mol. The topological polar surface area (TPSA) is 65.5 Å². The van der Waals surface area contributed by atoms with Crippen molar-refractivity contribution < 1.29 is 17.7 Å². The lowest BCUT2D eigenvalue weighted by atomic mass is 9.71. The standard InChI is InChI=1S/2C54H40N2O2/c1-53(2)39-19-7-9-21-43(39)55(47-23-13-17-37-35-15-5-11-25-49(35)57-51(37)47)45-29-27-33(31-41(45)53)34-28-30-46-42(32-34)54(3,4)40-20-8-10-22-44(40)56(46)48-24-14-18-38-36-16-6-12-26-50(36)58-52(38)48;1-53(2)41-15-7-9-17-45(41)55(35-23-27-51-39(31-35)37-13-5-11-19-49(37)57-51)47-25-21-33(29-43(47)53)34-22-26-48-44(30-34)54(3,4)42-16-8-10-18-46(42)56(48)36-24-28-52-40(32-36)38-14-6-12-20-50(38)58-52/h2*5-32H,1-4H3. The van der Waals surface area contributed by atoms with Crippen LogP contribution in [0.5, 0.6) is 0 Å². The van der Waals surface area contributed by atoms with Crippen molar-refractivity contribution in [2.45, 2.75) is 77.0 Å². The quantitative estimate of drug-likeness (QED) is 0.163. The zero-order chi connectivity index (χ0) is 77.8. The summed E-state index contributed by atoms with van der Waals surface area (Å²) in [7, 11) is 0. The van der Waals surface area contributed by atoms with E-state index in [0.29, 0.717) is 0 Å². The van der Waals surface area contributed by atoms with E-state index >= 15 is 0 Å². The van der Waals surface area contributed by atoms with Crippen LogP contribution in [0.15, 0.2) is 357 Å². The van der Waals surface area contributed by atoms with Gasteiger partial charge in [-0.05, 0) is 212 Å². The van der Waals surface area contributed by atoms with Gasteiger partial charge in [0.25, 0.3) is 0 Å². The predicted molar refractivity (Wildman–Crippen MR) is 480 cm³/mol. The number of furan rings is 4. The molecule has 8 heteroatoms. The molecule has 0 aliphatic carbocycles. The van der Waals surface area contributed by atoms with Crippen LogP contribution in [-0.2, 0) is 21.7 Å². The highest BCUT2D eigenvalue weighted by Gasteiger charge is 2.43. The summed E-state index contributed by atoms with van der Waals surface area (Å²) in [6.07, 6.45) is 0. The van der Waals surface area contributed by atoms with Gasteiger partial charge in [-0.3, -0.25) is 0 Å². The Hall–Kier alpha value is -14.1. The number of para-hydroxylation sites is 10. The molecule has 20 aromatic rings. The molecule has 16 aromatic carbocycles. The number of hydrogen-bond donors (Lipinski definition) is 0. The molecule has 4 aromatic heterocycles. The van der Waals surface area contributed by atoms with Gasteiger partial charge in [0.05, 0.1) is 56.9 Å². The maximum Gasteiger partial charge on any atom is 0.159 e. The number of hydrogen-bond acceptors (Lipinski definition) is 8. The molecule has 0 radical (unpaired) electrons. The highest BCUT2D eigenvalue weighted by Crippen LogP contribution is 2.60. The van der Waals surface area contributed by atoms with Gasteiger partial charge in [0, 0.05) is 76.1 Å². The molecule has 0 atom stereocenters. The highest BCUT2D eigenvalue weighted by atomic mass is 16.3. The molecule has 8 nitrogen and oxygen atoms in total. The Morgan fingerprint density at radius 2 is 0.414 bits per heavy atom. The molecule has 0 spiro atoms. The van der Waals surface area contributed by atoms with Gasteiger partial charge in [-0.1, -0.05) is 250 Å². The van der Waals surface area contributed by atoms with Crippen LogP contribution >= 0.6 is 0 Å². The van der Waals surface area contributed by atoms with E-state index in [2.05, 4.69) is 378 Å². The second kappa shape index (κ2) is 24.7. The van der Waals surface area contributed by atoms with Crippen molar-refractivity contribution in [2.75, 3.05) is 19.6 Å². The fourth-order valence-electron chi connectivity index (χ4n) is 20.1. The molecular weight excluding hydrogens is 1420 g/mol. The van der Waals surface area contributed by atoms with Crippen molar-refractivity contribution in [1.29, 1.82) is 0 Å². The highest BCUT2D eigenvalue weighted by molar-refractivity contribution is 6.14. The molecule has 0 unspecified atom stereocenters. The van der Waals surface area contributed by atoms with Crippen LogP contribution in [0.4, 0.5) is 68.2 Å². The molecule has 8 heterocycles. The number of anilines is 12. The third-order valence-corrected chi connectivity index (χ3v) is 26.1. The van der Waals surface area contributed by atoms with Crippen molar-refractivity contribution in [3.8, 4) is 22.3 Å². The molecule has 0 N–H and O–H groups in total. The van der Waals surface area contributed by atoms with E-state index in [9.17, 15) is 0 Å². The zero-order valence-electron chi connectivity index (χ0n) is 65.8. The van der Waals surface area contributed by atoms with Crippen LogP contribution in [0.3, 0.4) is 0 Å². The summed E-state index contributed by atoms with van der Waals surface area (Å²) in [5, 5.41) is 9.02. The zero-order valence-corrected chi connectivity index (χ0v) is 65.8. The van der Waals surface area contributed by atoms with Gasteiger partial charge >= 0.3 is 0 Å². The molecule has 0 fully saturated rings. The molecule has 24 rings (SSSR count). The Bertz CT molecular complexity index is 7100. The molecule has 0 bridgehead atoms. The summed E-state index contributed by atoms with van der Waals surface area (Å²) in [6, 6.07) is 123. The van der Waals surface area contributed by atoms with E-state index in [1.54, 1.807) is 0 Å². The van der Waals surface area contributed by atoms with Crippen molar-refractivity contribution >= 4 is 156 Å². The van der Waals surface area contributed by atoms with Crippen molar-refractivity contribution in [1.82, 2.24) is 0 Å². The Morgan fingerprint density at radius 3 is 0.750 bits per heavy atom. The fourth-order valence-corrected chi connectivity index (χ4v) is 20.1. The minimum atomic E-state index is -0.255. The molecular formula is C108H80N4O4. The van der Waals surface area contributed by atoms with Crippen molar-refractivity contribution in [3.63, 3.8) is 0 Å². The molecule has 0 saturated carbocycles. The van der Waals surface area contributed by atoms with E-state index in [0.717, 1.165) is 122 Å². The van der Waals surface area contributed by atoms with E-state index in [4.69, 9.17) is 17.7 Å². The summed E-state index contributed by atoms with van der Waals surface area (Å²) in [6.45, 7) is 18.9. The smallest absolute Gasteiger partial charge is 0.159 e. The summed E-state index contributed by atoms with van der Waals surface area (Å²) >= 11 is 0. The Kier molecular flexibility index (Phi) is 14.4. The maximum absolute atomic E-state index is 6.64. The third-order valence-electron chi connectivity index (χ3n) is 26.1. The minimum absolute atomic E-state index is 0.232. The van der Waals surface area contributed by atoms with Crippen LogP contribution in [0.1, 0.15) is 99.9 Å². The number of benzene rings is 16. The second-order valence-electron chi connectivity index (χ2n) is 33.9. The first kappa shape index (κ1) is 67.6. The van der Waals surface area contributed by atoms with Gasteiger partial charge in [-0.25, -0.2) is 0 Å². The summed E-state index contributed by atoms with van der Waals surface area (Å²) in [4.78, 5) is 9.69. The first-order chi connectivity index (χ1) is 56.5. The summed E-state index contributed by atoms with van der Waals surface area (Å²) in [5.74, 6) is 0. The van der Waals surface area contributed by atoms with Gasteiger partial charge in [-0.2, -0.15) is 0 Å². The lowest BCUT2D eigenvalue weighted by Crippen LogP contribution is -2.31. The fraction of sp³-hybridized carbons (Fsp3) is 0.111. The SMILES string of the molecule is CC1(C)c2ccccc2N(c2ccc3oc4ccccc4c3c2)c2ccc(-c3ccc4c(c3)C(C)(C)c3ccccc3N4c3ccc4oc5ccccc5c4c3)cc21.CC1(C)c2ccccc2N(c2cccc3c2oc2ccccc23)c2ccc(-c3ccc4c(c3)C(C)(C)c3ccccc3N4c3cccc4c3oc3ccccc34)cc21. The molecule has 116 heavy (non-hydrogen) atoms. The largest absolute Gasteiger partial charge is 0.456 e. The van der Waals surface area contributed by atoms with Gasteiger partial charge in [0.15, 0.2) is 11.2 Å². The molecule has 556 valence electrons. The lowest BCUT2D eigenvalue weighted by Gasteiger charge is -2.43. The van der Waals surface area contributed by atoms with Crippen molar-refractivity contribution in [2.24, 2.45) is 0 Å². The predicted octanol–water partition coefficient (Wildman–Crippen LogP) is 30.7. The average Bonchev–Trinajstić information content (AvgIpc) is 0.954. The number of fused-ring (bicyclic) bond motifs is 20. The normalized spacial score (nSPS) is 15.1. The first-order valence-corrected chi connectivity index (χ1v) is 40.4. The van der Waals surface area contributed by atoms with Gasteiger partial charge in [-0.15, -0.1) is 0 Å². The molecule has 4 aliphatic rings. The van der Waals surface area contributed by atoms with Crippen molar-refractivity contribution in [3.05, 3.63) is 384 Å². The van der Waals surface area contributed by atoms with Crippen LogP contribution in [0.25, 0.3) is 110 Å². The molecule has 0 saturated heterocycles. The summed E-state index contributed by atoms with van der Waals surface area (Å²) < 4.78 is 25.8. The second-order valence-corrected chi connectivity index (χ2v) is 33.9. The van der Waals surface area contributed by atoms with E-state index in [1.807, 2.05) is 36.4 Å².